The molecule has 0 saturated carbocycles. The second-order valence-corrected chi connectivity index (χ2v) is 5.23. The number of ketones is 1. The van der Waals surface area contributed by atoms with Crippen molar-refractivity contribution in [3.8, 4) is 0 Å². The second kappa shape index (κ2) is 5.79. The van der Waals surface area contributed by atoms with Crippen molar-refractivity contribution in [2.45, 2.75) is 18.9 Å². The van der Waals surface area contributed by atoms with Crippen LogP contribution in [0.4, 0.5) is 0 Å². The van der Waals surface area contributed by atoms with Crippen molar-refractivity contribution in [3.63, 3.8) is 0 Å². The monoisotopic (exact) mass is 303 g/mol. The molecule has 2 aromatic heterocycles. The summed E-state index contributed by atoms with van der Waals surface area (Å²) in [6, 6.07) is 7.11. The fourth-order valence-corrected chi connectivity index (χ4v) is 3.10. The summed E-state index contributed by atoms with van der Waals surface area (Å²) in [5, 5.41) is 11.0. The van der Waals surface area contributed by atoms with Crippen molar-refractivity contribution < 1.29 is 14.7 Å². The Morgan fingerprint density at radius 1 is 1.32 bits per heavy atom. The summed E-state index contributed by atoms with van der Waals surface area (Å²) < 4.78 is 1.83. The topological polar surface area (TPSA) is 59.3 Å². The zero-order chi connectivity index (χ0) is 12.7. The summed E-state index contributed by atoms with van der Waals surface area (Å²) in [6.07, 6.45) is 0.566. The van der Waals surface area contributed by atoms with Gasteiger partial charge in [-0.05, 0) is 30.0 Å². The van der Waals surface area contributed by atoms with Gasteiger partial charge in [0.05, 0.1) is 16.5 Å². The first-order valence-electron chi connectivity index (χ1n) is 5.69. The molecule has 19 heavy (non-hydrogen) atoms. The maximum absolute atomic E-state index is 12.2. The molecule has 0 radical (unpaired) electrons. The number of carboxylic acid groups (broad SMARTS) is 1. The third-order valence-electron chi connectivity index (χ3n) is 3.29. The molecule has 1 atom stereocenters. The number of aliphatic carboxylic acids is 1. The van der Waals surface area contributed by atoms with Gasteiger partial charge in [0.25, 0.3) is 0 Å². The molecule has 0 bridgehead atoms. The molecule has 0 aromatic carbocycles. The van der Waals surface area contributed by atoms with Gasteiger partial charge >= 0.3 is 43.7 Å². The van der Waals surface area contributed by atoms with Gasteiger partial charge < -0.3 is 9.67 Å². The fraction of sp³-hybridized carbons (Fsp3) is 0.231. The van der Waals surface area contributed by atoms with Crippen molar-refractivity contribution in [2.75, 3.05) is 0 Å². The van der Waals surface area contributed by atoms with Crippen LogP contribution in [0.3, 0.4) is 0 Å². The van der Waals surface area contributed by atoms with Gasteiger partial charge in [0.2, 0.25) is 5.78 Å². The predicted octanol–water partition coefficient (Wildman–Crippen LogP) is 1.44. The number of aromatic nitrogens is 1. The summed E-state index contributed by atoms with van der Waals surface area (Å²) >= 11 is 1.40. The molecule has 3 heterocycles. The predicted molar refractivity (Wildman–Crippen MR) is 75.7 cm³/mol. The number of fused-ring (bicyclic) bond motifs is 1. The van der Waals surface area contributed by atoms with Gasteiger partial charge in [-0.25, -0.2) is 0 Å². The third-order valence-corrected chi connectivity index (χ3v) is 4.16. The number of hydrogen-bond donors (Lipinski definition) is 1. The first-order chi connectivity index (χ1) is 8.68. The van der Waals surface area contributed by atoms with Gasteiger partial charge in [-0.15, -0.1) is 11.3 Å². The molecule has 4 nitrogen and oxygen atoms in total. The summed E-state index contributed by atoms with van der Waals surface area (Å²) in [5.41, 5.74) is 1.33. The van der Waals surface area contributed by atoms with Gasteiger partial charge in [-0.2, -0.15) is 0 Å². The van der Waals surface area contributed by atoms with Crippen LogP contribution < -0.4 is 0 Å². The number of rotatable bonds is 3. The van der Waals surface area contributed by atoms with Crippen LogP contribution in [-0.4, -0.2) is 59.2 Å². The summed E-state index contributed by atoms with van der Waals surface area (Å²) in [6.45, 7) is 0.603. The van der Waals surface area contributed by atoms with Crippen molar-refractivity contribution in [2.24, 2.45) is 0 Å². The van der Waals surface area contributed by atoms with Crippen LogP contribution in [0.5, 0.6) is 0 Å². The molecule has 6 heteroatoms. The molecule has 0 saturated heterocycles. The Balaban J connectivity index is 0.00000133. The first-order valence-corrected chi connectivity index (χ1v) is 6.57. The first kappa shape index (κ1) is 14.8. The van der Waals surface area contributed by atoms with Gasteiger partial charge in [0.15, 0.2) is 0 Å². The van der Waals surface area contributed by atoms with Gasteiger partial charge in [-0.1, -0.05) is 6.07 Å². The zero-order valence-corrected chi connectivity index (χ0v) is 10.3. The average molecular weight is 303 g/mol. The molecular weight excluding hydrogens is 290 g/mol. The Hall–Kier alpha value is -0.620. The molecule has 3 rings (SSSR count). The Morgan fingerprint density at radius 2 is 2.11 bits per heavy atom. The van der Waals surface area contributed by atoms with Crippen LogP contribution in [0.2, 0.25) is 0 Å². The maximum atomic E-state index is 12.2. The number of carbonyl (C=O) groups excluding carboxylic acids is 1. The van der Waals surface area contributed by atoms with E-state index in [2.05, 4.69) is 0 Å². The number of nitrogens with zero attached hydrogens (tertiary/aromatic N) is 1. The van der Waals surface area contributed by atoms with E-state index in [0.717, 1.165) is 5.69 Å². The van der Waals surface area contributed by atoms with Crippen molar-refractivity contribution in [1.29, 1.82) is 0 Å². The van der Waals surface area contributed by atoms with E-state index >= 15 is 0 Å². The molecule has 0 aliphatic carbocycles. The Labute approximate surface area is 144 Å². The summed E-state index contributed by atoms with van der Waals surface area (Å²) in [4.78, 5) is 24.0. The zero-order valence-electron chi connectivity index (χ0n) is 9.50. The number of hydrogen-bond acceptors (Lipinski definition) is 3. The normalized spacial score (nSPS) is 16.7. The van der Waals surface area contributed by atoms with Crippen molar-refractivity contribution >= 4 is 60.8 Å². The van der Waals surface area contributed by atoms with Gasteiger partial charge in [0, 0.05) is 12.2 Å². The summed E-state index contributed by atoms with van der Waals surface area (Å²) in [5.74, 6) is -1.32. The van der Waals surface area contributed by atoms with E-state index in [1.165, 1.54) is 11.3 Å². The van der Waals surface area contributed by atoms with Gasteiger partial charge in [0.1, 0.15) is 0 Å². The van der Waals surface area contributed by atoms with Crippen LogP contribution in [0.1, 0.15) is 33.4 Å². The van der Waals surface area contributed by atoms with Crippen LogP contribution in [0.15, 0.2) is 29.6 Å². The molecule has 0 fully saturated rings. The average Bonchev–Trinajstić information content (AvgIpc) is 3.04. The second-order valence-electron chi connectivity index (χ2n) is 4.28. The SMILES string of the molecule is O=C(c1cccs1)c1ccc2n1CCC2C(=O)O.[CaH2]. The van der Waals surface area contributed by atoms with Crippen LogP contribution in [0.25, 0.3) is 0 Å². The molecule has 0 amide bonds. The molecule has 0 spiro atoms. The fourth-order valence-electron chi connectivity index (χ4n) is 2.43. The Kier molecular flexibility index (Phi) is 4.50. The molecule has 1 N–H and O–H groups in total. The summed E-state index contributed by atoms with van der Waals surface area (Å²) in [7, 11) is 0. The molecule has 1 aliphatic rings. The molecule has 2 aromatic rings. The van der Waals surface area contributed by atoms with Crippen molar-refractivity contribution in [1.82, 2.24) is 4.57 Å². The van der Waals surface area contributed by atoms with Crippen LogP contribution in [0, 0.1) is 0 Å². The van der Waals surface area contributed by atoms with E-state index in [1.807, 2.05) is 16.0 Å². The van der Waals surface area contributed by atoms with E-state index in [-0.39, 0.29) is 43.5 Å². The van der Waals surface area contributed by atoms with Crippen LogP contribution in [-0.2, 0) is 11.3 Å². The minimum absolute atomic E-state index is 0. The van der Waals surface area contributed by atoms with E-state index in [9.17, 15) is 9.59 Å². The minimum atomic E-state index is -0.818. The molecule has 1 aliphatic heterocycles. The van der Waals surface area contributed by atoms with E-state index < -0.39 is 11.9 Å². The van der Waals surface area contributed by atoms with E-state index in [4.69, 9.17) is 5.11 Å². The quantitative estimate of drug-likeness (QED) is 0.689. The number of thiophene rings is 1. The Bertz CT molecular complexity index is 618. The number of carbonyl (C=O) groups is 2. The molecule has 1 unspecified atom stereocenters. The van der Waals surface area contributed by atoms with E-state index in [0.29, 0.717) is 23.5 Å². The number of carboxylic acids is 1. The van der Waals surface area contributed by atoms with E-state index in [1.54, 1.807) is 18.2 Å². The third kappa shape index (κ3) is 2.52. The van der Waals surface area contributed by atoms with Crippen molar-refractivity contribution in [3.05, 3.63) is 45.9 Å². The molecular formula is C13H13CaNO3S. The standard InChI is InChI=1S/C13H11NO3S.Ca.2H/c15-12(11-2-1-7-18-11)10-4-3-9-8(13(16)17)5-6-14(9)10;;;/h1-4,7-8H,5-6H2,(H,16,17);;;. The Morgan fingerprint density at radius 3 is 2.74 bits per heavy atom. The van der Waals surface area contributed by atoms with Crippen LogP contribution >= 0.6 is 11.3 Å². The van der Waals surface area contributed by atoms with Gasteiger partial charge in [-0.3, -0.25) is 9.59 Å². The molecule has 96 valence electrons.